The van der Waals surface area contributed by atoms with E-state index in [0.29, 0.717) is 18.1 Å². The van der Waals surface area contributed by atoms with Crippen LogP contribution in [0.2, 0.25) is 0 Å². The summed E-state index contributed by atoms with van der Waals surface area (Å²) in [6, 6.07) is 7.32. The van der Waals surface area contributed by atoms with E-state index in [9.17, 15) is 19.2 Å². The molecule has 0 bridgehead atoms. The smallest absolute Gasteiger partial charge is 0.303 e. The third-order valence-corrected chi connectivity index (χ3v) is 6.03. The van der Waals surface area contributed by atoms with Crippen molar-refractivity contribution in [3.63, 3.8) is 0 Å². The summed E-state index contributed by atoms with van der Waals surface area (Å²) in [5.74, 6) is -1.45. The Morgan fingerprint density at radius 1 is 0.853 bits per heavy atom. The van der Waals surface area contributed by atoms with Gasteiger partial charge in [0.1, 0.15) is 23.9 Å². The minimum absolute atomic E-state index is 0.260. The molecule has 34 heavy (non-hydrogen) atoms. The van der Waals surface area contributed by atoms with Crippen LogP contribution < -0.4 is 4.74 Å². The standard InChI is InChI=1S/C22H27BrO10S/c1-12(24)29-11-18-19(30-13(2)25)20(31-14(3)26)21(32-15(4)27)22(33-18)34-10-9-28-17-7-5-16(23)6-8-17/h5-8,18-22H,9-11H2,1-4H3/t18-,19-,20-,21+,22+/m0/s1. The van der Waals surface area contributed by atoms with Crippen molar-refractivity contribution in [3.8, 4) is 5.75 Å². The molecule has 10 nitrogen and oxygen atoms in total. The molecule has 1 aliphatic heterocycles. The quantitative estimate of drug-likeness (QED) is 0.237. The second-order valence-corrected chi connectivity index (χ2v) is 9.36. The molecular weight excluding hydrogens is 536 g/mol. The highest BCUT2D eigenvalue weighted by atomic mass is 79.9. The molecule has 0 saturated carbocycles. The minimum atomic E-state index is -1.18. The normalized spacial score (nSPS) is 24.0. The van der Waals surface area contributed by atoms with Gasteiger partial charge in [-0.25, -0.2) is 0 Å². The fraction of sp³-hybridized carbons (Fsp3) is 0.545. The van der Waals surface area contributed by atoms with Gasteiger partial charge in [-0.15, -0.1) is 11.8 Å². The summed E-state index contributed by atoms with van der Waals surface area (Å²) in [7, 11) is 0. The van der Waals surface area contributed by atoms with E-state index in [1.165, 1.54) is 39.5 Å². The molecule has 1 heterocycles. The maximum absolute atomic E-state index is 11.8. The van der Waals surface area contributed by atoms with Gasteiger partial charge in [-0.2, -0.15) is 0 Å². The number of ether oxygens (including phenoxy) is 6. The van der Waals surface area contributed by atoms with Gasteiger partial charge in [-0.3, -0.25) is 19.2 Å². The molecule has 1 fully saturated rings. The third kappa shape index (κ3) is 9.15. The zero-order valence-corrected chi connectivity index (χ0v) is 21.6. The van der Waals surface area contributed by atoms with Crippen LogP contribution in [0, 0.1) is 0 Å². The molecule has 1 aromatic carbocycles. The van der Waals surface area contributed by atoms with E-state index >= 15 is 0 Å². The highest BCUT2D eigenvalue weighted by Crippen LogP contribution is 2.34. The van der Waals surface area contributed by atoms with E-state index in [0.717, 1.165) is 4.47 Å². The van der Waals surface area contributed by atoms with E-state index in [4.69, 9.17) is 28.4 Å². The van der Waals surface area contributed by atoms with Gasteiger partial charge in [0.15, 0.2) is 18.3 Å². The number of carbonyl (C=O) groups is 4. The first kappa shape index (κ1) is 27.9. The van der Waals surface area contributed by atoms with Gasteiger partial charge in [0.25, 0.3) is 0 Å². The van der Waals surface area contributed by atoms with Crippen LogP contribution in [-0.4, -0.2) is 72.7 Å². The van der Waals surface area contributed by atoms with Crippen molar-refractivity contribution in [2.75, 3.05) is 19.0 Å². The molecule has 2 rings (SSSR count). The lowest BCUT2D eigenvalue weighted by atomic mass is 9.99. The summed E-state index contributed by atoms with van der Waals surface area (Å²) in [5, 5.41) is 0. The van der Waals surface area contributed by atoms with Crippen LogP contribution in [0.25, 0.3) is 0 Å². The molecule has 1 aromatic rings. The molecule has 0 radical (unpaired) electrons. The predicted molar refractivity (Wildman–Crippen MR) is 124 cm³/mol. The Kier molecular flexibility index (Phi) is 11.1. The van der Waals surface area contributed by atoms with Gasteiger partial charge >= 0.3 is 23.9 Å². The summed E-state index contributed by atoms with van der Waals surface area (Å²) in [6.07, 6.45) is -4.39. The molecule has 0 aliphatic carbocycles. The Labute approximate surface area is 210 Å². The average molecular weight is 563 g/mol. The van der Waals surface area contributed by atoms with E-state index < -0.39 is 53.7 Å². The Hall–Kier alpha value is -2.31. The number of thioether (sulfide) groups is 1. The molecule has 188 valence electrons. The Balaban J connectivity index is 2.20. The molecule has 0 unspecified atom stereocenters. The van der Waals surface area contributed by atoms with Crippen LogP contribution in [0.5, 0.6) is 5.75 Å². The Morgan fingerprint density at radius 2 is 1.41 bits per heavy atom. The summed E-state index contributed by atoms with van der Waals surface area (Å²) in [4.78, 5) is 46.8. The van der Waals surface area contributed by atoms with Gasteiger partial charge in [0, 0.05) is 37.9 Å². The van der Waals surface area contributed by atoms with Gasteiger partial charge in [0.05, 0.1) is 6.61 Å². The number of benzene rings is 1. The molecule has 0 amide bonds. The number of halogens is 1. The molecule has 5 atom stereocenters. The number of carbonyl (C=O) groups excluding carboxylic acids is 4. The zero-order chi connectivity index (χ0) is 25.3. The molecule has 12 heteroatoms. The topological polar surface area (TPSA) is 124 Å². The summed E-state index contributed by atoms with van der Waals surface area (Å²) < 4.78 is 33.9. The Bertz CT molecular complexity index is 862. The van der Waals surface area contributed by atoms with Crippen LogP contribution in [0.1, 0.15) is 27.7 Å². The van der Waals surface area contributed by atoms with Crippen LogP contribution in [0.15, 0.2) is 28.7 Å². The van der Waals surface area contributed by atoms with Crippen molar-refractivity contribution in [1.29, 1.82) is 0 Å². The second-order valence-electron chi connectivity index (χ2n) is 7.24. The van der Waals surface area contributed by atoms with Crippen molar-refractivity contribution < 1.29 is 47.6 Å². The van der Waals surface area contributed by atoms with Crippen molar-refractivity contribution in [1.82, 2.24) is 0 Å². The van der Waals surface area contributed by atoms with Gasteiger partial charge in [0.2, 0.25) is 0 Å². The molecule has 0 spiro atoms. The highest BCUT2D eigenvalue weighted by molar-refractivity contribution is 9.10. The third-order valence-electron chi connectivity index (χ3n) is 4.40. The summed E-state index contributed by atoms with van der Waals surface area (Å²) in [5.41, 5.74) is -0.825. The number of rotatable bonds is 10. The lowest BCUT2D eigenvalue weighted by Crippen LogP contribution is -2.61. The maximum atomic E-state index is 11.8. The Morgan fingerprint density at radius 3 is 1.97 bits per heavy atom. The van der Waals surface area contributed by atoms with E-state index in [1.54, 1.807) is 0 Å². The van der Waals surface area contributed by atoms with Crippen LogP contribution in [0.4, 0.5) is 0 Å². The first-order chi connectivity index (χ1) is 16.1. The largest absolute Gasteiger partial charge is 0.493 e. The lowest BCUT2D eigenvalue weighted by Gasteiger charge is -2.44. The molecule has 0 aromatic heterocycles. The first-order valence-electron chi connectivity index (χ1n) is 10.4. The van der Waals surface area contributed by atoms with E-state index in [2.05, 4.69) is 15.9 Å². The molecule has 1 saturated heterocycles. The first-order valence-corrected chi connectivity index (χ1v) is 12.2. The van der Waals surface area contributed by atoms with E-state index in [1.807, 2.05) is 24.3 Å². The maximum Gasteiger partial charge on any atom is 0.303 e. The van der Waals surface area contributed by atoms with Crippen molar-refractivity contribution >= 4 is 51.6 Å². The van der Waals surface area contributed by atoms with Crippen LogP contribution >= 0.6 is 27.7 Å². The molecule has 1 aliphatic rings. The van der Waals surface area contributed by atoms with Crippen molar-refractivity contribution in [2.45, 2.75) is 57.5 Å². The number of hydrogen-bond donors (Lipinski definition) is 0. The molecular formula is C22H27BrO10S. The fourth-order valence-electron chi connectivity index (χ4n) is 3.18. The van der Waals surface area contributed by atoms with Gasteiger partial charge in [-0.1, -0.05) is 15.9 Å². The summed E-state index contributed by atoms with van der Waals surface area (Å²) >= 11 is 4.61. The van der Waals surface area contributed by atoms with Gasteiger partial charge in [-0.05, 0) is 24.3 Å². The van der Waals surface area contributed by atoms with Crippen LogP contribution in [0.3, 0.4) is 0 Å². The van der Waals surface area contributed by atoms with E-state index in [-0.39, 0.29) is 6.61 Å². The monoisotopic (exact) mass is 562 g/mol. The lowest BCUT2D eigenvalue weighted by molar-refractivity contribution is -0.237. The minimum Gasteiger partial charge on any atom is -0.493 e. The van der Waals surface area contributed by atoms with Crippen molar-refractivity contribution in [3.05, 3.63) is 28.7 Å². The van der Waals surface area contributed by atoms with Crippen LogP contribution in [-0.2, 0) is 42.9 Å². The zero-order valence-electron chi connectivity index (χ0n) is 19.2. The number of hydrogen-bond acceptors (Lipinski definition) is 11. The highest BCUT2D eigenvalue weighted by Gasteiger charge is 2.52. The summed E-state index contributed by atoms with van der Waals surface area (Å²) in [6.45, 7) is 4.83. The number of esters is 4. The van der Waals surface area contributed by atoms with Gasteiger partial charge < -0.3 is 28.4 Å². The van der Waals surface area contributed by atoms with Crippen molar-refractivity contribution in [2.24, 2.45) is 0 Å². The SMILES string of the molecule is CC(=O)OC[C@@H]1O[C@H](SCCOc2ccc(Br)cc2)[C@H](OC(C)=O)[C@@H](OC(C)=O)[C@H]1OC(C)=O. The average Bonchev–Trinajstić information content (AvgIpc) is 2.74. The molecule has 0 N–H and O–H groups in total. The second kappa shape index (κ2) is 13.5. The predicted octanol–water partition coefficient (Wildman–Crippen LogP) is 2.64. The fourth-order valence-corrected chi connectivity index (χ4v) is 4.48.